The molecule has 1 aromatic carbocycles. The summed E-state index contributed by atoms with van der Waals surface area (Å²) in [5.41, 5.74) is 2.53. The summed E-state index contributed by atoms with van der Waals surface area (Å²) in [5.74, 6) is 0. The van der Waals surface area contributed by atoms with Crippen molar-refractivity contribution in [3.05, 3.63) is 35.4 Å². The summed E-state index contributed by atoms with van der Waals surface area (Å²) >= 11 is 0. The molecule has 2 heterocycles. The lowest BCUT2D eigenvalue weighted by Gasteiger charge is -2.36. The highest BCUT2D eigenvalue weighted by atomic mass is 15.5. The van der Waals surface area contributed by atoms with Gasteiger partial charge in [-0.25, -0.2) is 0 Å². The van der Waals surface area contributed by atoms with Gasteiger partial charge in [-0.2, -0.15) is 5.10 Å². The van der Waals surface area contributed by atoms with Crippen LogP contribution in [0.25, 0.3) is 0 Å². The smallest absolute Gasteiger partial charge is 0.0543 e. The fourth-order valence-corrected chi connectivity index (χ4v) is 3.97. The van der Waals surface area contributed by atoms with E-state index >= 15 is 0 Å². The van der Waals surface area contributed by atoms with Crippen LogP contribution in [0.15, 0.2) is 29.4 Å². The van der Waals surface area contributed by atoms with Gasteiger partial charge < -0.3 is 10.2 Å². The maximum Gasteiger partial charge on any atom is 0.0543 e. The average molecular weight is 343 g/mol. The fraction of sp³-hybridized carbons (Fsp3) is 0.667. The van der Waals surface area contributed by atoms with Crippen molar-refractivity contribution in [1.29, 1.82) is 0 Å². The van der Waals surface area contributed by atoms with E-state index in [-0.39, 0.29) is 0 Å². The van der Waals surface area contributed by atoms with Crippen molar-refractivity contribution in [3.8, 4) is 0 Å². The minimum Gasteiger partial charge on any atom is -0.311 e. The number of hydrazone groups is 1. The van der Waals surface area contributed by atoms with Crippen LogP contribution in [0.1, 0.15) is 57.1 Å². The van der Waals surface area contributed by atoms with Gasteiger partial charge in [-0.1, -0.05) is 24.3 Å². The standard InChI is InChI=1S/C21H34N4/c1-18-6-5-7-19(2)25(18)23-17-21-10-8-20(9-11-21)16-22-12-15-24-13-3-4-14-24/h8-11,17-19,22H,3-7,12-16H2,1-2H3/b23-17+. The van der Waals surface area contributed by atoms with Gasteiger partial charge in [-0.05, 0) is 70.2 Å². The highest BCUT2D eigenvalue weighted by Gasteiger charge is 2.22. The van der Waals surface area contributed by atoms with Crippen LogP contribution in [0, 0.1) is 0 Å². The van der Waals surface area contributed by atoms with Crippen LogP contribution in [0.4, 0.5) is 0 Å². The Labute approximate surface area is 153 Å². The molecular weight excluding hydrogens is 308 g/mol. The predicted octanol–water partition coefficient (Wildman–Crippen LogP) is 3.47. The number of piperidine rings is 1. The first-order valence-corrected chi connectivity index (χ1v) is 10.1. The number of nitrogens with zero attached hydrogens (tertiary/aromatic N) is 3. The average Bonchev–Trinajstić information content (AvgIpc) is 3.13. The molecule has 138 valence electrons. The predicted molar refractivity (Wildman–Crippen MR) is 106 cm³/mol. The van der Waals surface area contributed by atoms with Crippen molar-refractivity contribution < 1.29 is 0 Å². The van der Waals surface area contributed by atoms with Gasteiger partial charge in [0, 0.05) is 31.7 Å². The highest BCUT2D eigenvalue weighted by Crippen LogP contribution is 2.22. The van der Waals surface area contributed by atoms with E-state index in [4.69, 9.17) is 5.10 Å². The molecule has 2 fully saturated rings. The molecule has 0 radical (unpaired) electrons. The Kier molecular flexibility index (Phi) is 6.88. The van der Waals surface area contributed by atoms with Crippen LogP contribution >= 0.6 is 0 Å². The number of hydrogen-bond acceptors (Lipinski definition) is 4. The van der Waals surface area contributed by atoms with E-state index in [1.54, 1.807) is 0 Å². The lowest BCUT2D eigenvalue weighted by molar-refractivity contribution is 0.109. The van der Waals surface area contributed by atoms with Gasteiger partial charge in [-0.15, -0.1) is 0 Å². The Bertz CT molecular complexity index is 523. The van der Waals surface area contributed by atoms with Gasteiger partial charge in [-0.3, -0.25) is 5.01 Å². The third-order valence-corrected chi connectivity index (χ3v) is 5.60. The van der Waals surface area contributed by atoms with Gasteiger partial charge in [0.25, 0.3) is 0 Å². The van der Waals surface area contributed by atoms with Crippen LogP contribution in [-0.2, 0) is 6.54 Å². The Morgan fingerprint density at radius 2 is 1.72 bits per heavy atom. The minimum atomic E-state index is 0.555. The molecule has 2 saturated heterocycles. The lowest BCUT2D eigenvalue weighted by Crippen LogP contribution is -2.39. The normalized spacial score (nSPS) is 25.1. The summed E-state index contributed by atoms with van der Waals surface area (Å²) in [6.07, 6.45) is 8.60. The number of hydrogen-bond donors (Lipinski definition) is 1. The van der Waals surface area contributed by atoms with E-state index in [1.807, 2.05) is 6.21 Å². The second-order valence-electron chi connectivity index (χ2n) is 7.72. The monoisotopic (exact) mass is 342 g/mol. The van der Waals surface area contributed by atoms with E-state index < -0.39 is 0 Å². The molecule has 25 heavy (non-hydrogen) atoms. The molecule has 2 atom stereocenters. The van der Waals surface area contributed by atoms with E-state index in [0.29, 0.717) is 12.1 Å². The first kappa shape index (κ1) is 18.4. The Hall–Kier alpha value is -1.39. The SMILES string of the molecule is CC1CCCC(C)N1/N=C/c1ccc(CNCCN2CCCC2)cc1. The Morgan fingerprint density at radius 1 is 1.04 bits per heavy atom. The summed E-state index contributed by atoms with van der Waals surface area (Å²) in [7, 11) is 0. The quantitative estimate of drug-likeness (QED) is 0.608. The van der Waals surface area contributed by atoms with Crippen molar-refractivity contribution in [2.45, 2.75) is 64.6 Å². The molecule has 1 aromatic rings. The summed E-state index contributed by atoms with van der Waals surface area (Å²) < 4.78 is 0. The number of nitrogens with one attached hydrogen (secondary N) is 1. The molecule has 2 aliphatic rings. The summed E-state index contributed by atoms with van der Waals surface area (Å²) in [5, 5.41) is 10.6. The maximum absolute atomic E-state index is 4.75. The summed E-state index contributed by atoms with van der Waals surface area (Å²) in [4.78, 5) is 2.55. The molecule has 4 nitrogen and oxygen atoms in total. The van der Waals surface area contributed by atoms with Crippen LogP contribution < -0.4 is 5.32 Å². The number of rotatable bonds is 7. The van der Waals surface area contributed by atoms with Gasteiger partial charge in [0.15, 0.2) is 0 Å². The minimum absolute atomic E-state index is 0.555. The van der Waals surface area contributed by atoms with Crippen molar-refractivity contribution in [2.75, 3.05) is 26.2 Å². The van der Waals surface area contributed by atoms with Crippen LogP contribution in [-0.4, -0.2) is 54.4 Å². The van der Waals surface area contributed by atoms with Crippen LogP contribution in [0.2, 0.25) is 0 Å². The third-order valence-electron chi connectivity index (χ3n) is 5.60. The van der Waals surface area contributed by atoms with Crippen molar-refractivity contribution in [2.24, 2.45) is 5.10 Å². The molecule has 0 saturated carbocycles. The molecule has 0 bridgehead atoms. The molecule has 4 heteroatoms. The third kappa shape index (κ3) is 5.55. The van der Waals surface area contributed by atoms with E-state index in [1.165, 1.54) is 62.9 Å². The van der Waals surface area contributed by atoms with Crippen molar-refractivity contribution >= 4 is 6.21 Å². The molecule has 2 aliphatic heterocycles. The summed E-state index contributed by atoms with van der Waals surface area (Å²) in [6.45, 7) is 10.3. The molecule has 0 aromatic heterocycles. The first-order chi connectivity index (χ1) is 12.2. The van der Waals surface area contributed by atoms with Gasteiger partial charge in [0.2, 0.25) is 0 Å². The maximum atomic E-state index is 4.75. The zero-order valence-corrected chi connectivity index (χ0v) is 16.0. The first-order valence-electron chi connectivity index (χ1n) is 10.1. The van der Waals surface area contributed by atoms with Gasteiger partial charge in [0.05, 0.1) is 6.21 Å². The summed E-state index contributed by atoms with van der Waals surface area (Å²) in [6, 6.07) is 9.90. The van der Waals surface area contributed by atoms with Gasteiger partial charge in [0.1, 0.15) is 0 Å². The molecular formula is C21H34N4. The molecule has 0 amide bonds. The second kappa shape index (κ2) is 9.35. The largest absolute Gasteiger partial charge is 0.311 e. The zero-order valence-electron chi connectivity index (χ0n) is 16.0. The zero-order chi connectivity index (χ0) is 17.5. The topological polar surface area (TPSA) is 30.9 Å². The molecule has 3 rings (SSSR count). The van der Waals surface area contributed by atoms with Crippen LogP contribution in [0.3, 0.4) is 0 Å². The van der Waals surface area contributed by atoms with Crippen LogP contribution in [0.5, 0.6) is 0 Å². The molecule has 0 spiro atoms. The lowest BCUT2D eigenvalue weighted by atomic mass is 10.00. The Balaban J connectivity index is 1.42. The molecule has 2 unspecified atom stereocenters. The van der Waals surface area contributed by atoms with Crippen molar-refractivity contribution in [3.63, 3.8) is 0 Å². The van der Waals surface area contributed by atoms with Gasteiger partial charge >= 0.3 is 0 Å². The Morgan fingerprint density at radius 3 is 2.40 bits per heavy atom. The number of likely N-dealkylation sites (tertiary alicyclic amines) is 1. The number of benzene rings is 1. The van der Waals surface area contributed by atoms with Crippen molar-refractivity contribution in [1.82, 2.24) is 15.2 Å². The molecule has 0 aliphatic carbocycles. The molecule has 1 N–H and O–H groups in total. The van der Waals surface area contributed by atoms with E-state index in [0.717, 1.165) is 13.1 Å². The highest BCUT2D eigenvalue weighted by molar-refractivity contribution is 5.79. The van der Waals surface area contributed by atoms with E-state index in [9.17, 15) is 0 Å². The van der Waals surface area contributed by atoms with E-state index in [2.05, 4.69) is 53.3 Å². The second-order valence-corrected chi connectivity index (χ2v) is 7.72. The fourth-order valence-electron chi connectivity index (χ4n) is 3.97.